The van der Waals surface area contributed by atoms with Crippen molar-refractivity contribution in [3.8, 4) is 0 Å². The maximum absolute atomic E-state index is 13.0. The molecule has 0 rings (SSSR count). The minimum absolute atomic E-state index is 0.110. The molecule has 0 heterocycles. The largest absolute Gasteiger partial charge is 0.449 e. The second kappa shape index (κ2) is 42.6. The number of hydrogen-bond acceptors (Lipinski definition) is 5. The molecule has 0 aromatic heterocycles. The smallest absolute Gasteiger partial charge is 0.409 e. The van der Waals surface area contributed by atoms with E-state index in [-0.39, 0.29) is 18.7 Å². The van der Waals surface area contributed by atoms with E-state index < -0.39 is 0 Å². The average molecular weight is 767 g/mol. The summed E-state index contributed by atoms with van der Waals surface area (Å²) in [5.74, 6) is 0. The molecule has 0 aliphatic carbocycles. The zero-order chi connectivity index (χ0) is 39.6. The molecule has 0 fully saturated rings. The Morgan fingerprint density at radius 1 is 0.426 bits per heavy atom. The van der Waals surface area contributed by atoms with Crippen molar-refractivity contribution in [2.45, 2.75) is 220 Å². The second-order valence-electron chi connectivity index (χ2n) is 16.1. The molecule has 0 aliphatic heterocycles. The third-order valence-corrected chi connectivity index (χ3v) is 10.8. The van der Waals surface area contributed by atoms with Gasteiger partial charge in [0.1, 0.15) is 0 Å². The Kier molecular flexibility index (Phi) is 41.4. The van der Waals surface area contributed by atoms with Crippen LogP contribution >= 0.6 is 0 Å². The van der Waals surface area contributed by atoms with Crippen LogP contribution in [0.1, 0.15) is 220 Å². The normalized spacial score (nSPS) is 11.4. The molecule has 2 N–H and O–H groups in total. The lowest BCUT2D eigenvalue weighted by molar-refractivity contribution is 0.0988. The summed E-state index contributed by atoms with van der Waals surface area (Å²) in [5, 5.41) is 12.6. The van der Waals surface area contributed by atoms with Crippen LogP contribution < -0.4 is 5.32 Å². The number of urea groups is 1. The molecule has 0 aliphatic rings. The Balaban J connectivity index is 4.36. The molecule has 0 saturated heterocycles. The van der Waals surface area contributed by atoms with Crippen LogP contribution in [-0.2, 0) is 4.74 Å². The van der Waals surface area contributed by atoms with Crippen molar-refractivity contribution in [2.24, 2.45) is 0 Å². The second-order valence-corrected chi connectivity index (χ2v) is 16.1. The predicted octanol–water partition coefficient (Wildman–Crippen LogP) is 12.5. The molecule has 0 saturated carbocycles. The molecule has 0 atom stereocenters. The third kappa shape index (κ3) is 34.9. The lowest BCUT2D eigenvalue weighted by Gasteiger charge is -2.23. The van der Waals surface area contributed by atoms with Crippen LogP contribution in [0.4, 0.5) is 9.59 Å². The molecule has 8 nitrogen and oxygen atoms in total. The quantitative estimate of drug-likeness (QED) is 0.0604. The molecular weight excluding hydrogens is 673 g/mol. The van der Waals surface area contributed by atoms with E-state index in [1.54, 1.807) is 0 Å². The Hall–Kier alpha value is -1.54. The molecule has 0 bridgehead atoms. The lowest BCUT2D eigenvalue weighted by Crippen LogP contribution is -2.41. The van der Waals surface area contributed by atoms with Crippen molar-refractivity contribution < 1.29 is 19.4 Å². The van der Waals surface area contributed by atoms with Crippen molar-refractivity contribution in [1.82, 2.24) is 20.0 Å². The van der Waals surface area contributed by atoms with Crippen molar-refractivity contribution in [3.63, 3.8) is 0 Å². The molecule has 0 radical (unpaired) electrons. The highest BCUT2D eigenvalue weighted by molar-refractivity contribution is 5.74. The van der Waals surface area contributed by atoms with Crippen LogP contribution in [0.3, 0.4) is 0 Å². The fourth-order valence-corrected chi connectivity index (χ4v) is 7.18. The van der Waals surface area contributed by atoms with Crippen LogP contribution in [0.15, 0.2) is 0 Å². The Morgan fingerprint density at radius 3 is 1.24 bits per heavy atom. The van der Waals surface area contributed by atoms with E-state index in [0.29, 0.717) is 6.61 Å². The van der Waals surface area contributed by atoms with Crippen LogP contribution in [0.25, 0.3) is 0 Å². The number of rotatable bonds is 42. The highest BCUT2D eigenvalue weighted by Crippen LogP contribution is 2.12. The summed E-state index contributed by atoms with van der Waals surface area (Å²) in [6, 6.07) is 0.136. The molecule has 0 spiro atoms. The van der Waals surface area contributed by atoms with E-state index >= 15 is 0 Å². The first-order valence-corrected chi connectivity index (χ1v) is 23.8. The summed E-state index contributed by atoms with van der Waals surface area (Å²) in [5.41, 5.74) is 0. The summed E-state index contributed by atoms with van der Waals surface area (Å²) in [6.45, 7) is 17.2. The number of carbonyl (C=O) groups excluding carboxylic acids is 2. The minimum Gasteiger partial charge on any atom is -0.449 e. The van der Waals surface area contributed by atoms with Gasteiger partial charge in [-0.05, 0) is 83.8 Å². The number of ether oxygens (including phenoxy) is 1. The highest BCUT2D eigenvalue weighted by Gasteiger charge is 2.15. The summed E-state index contributed by atoms with van der Waals surface area (Å²) < 4.78 is 5.75. The van der Waals surface area contributed by atoms with Crippen molar-refractivity contribution in [1.29, 1.82) is 0 Å². The Bertz CT molecular complexity index is 728. The number of carbonyl (C=O) groups is 2. The minimum atomic E-state index is -0.110. The van der Waals surface area contributed by atoms with Gasteiger partial charge >= 0.3 is 12.1 Å². The number of aliphatic hydroxyl groups excluding tert-OH is 1. The van der Waals surface area contributed by atoms with Gasteiger partial charge in [0.2, 0.25) is 0 Å². The fraction of sp³-hybridized carbons (Fsp3) is 0.957. The van der Waals surface area contributed by atoms with Crippen molar-refractivity contribution in [3.05, 3.63) is 0 Å². The van der Waals surface area contributed by atoms with Gasteiger partial charge in [0.15, 0.2) is 0 Å². The highest BCUT2D eigenvalue weighted by atomic mass is 16.6. The van der Waals surface area contributed by atoms with Gasteiger partial charge in [-0.25, -0.2) is 9.59 Å². The molecule has 0 aromatic rings. The third-order valence-electron chi connectivity index (χ3n) is 10.8. The number of nitrogens with zero attached hydrogens (tertiary/aromatic N) is 3. The molecule has 322 valence electrons. The topological polar surface area (TPSA) is 85.4 Å². The van der Waals surface area contributed by atoms with Crippen molar-refractivity contribution >= 4 is 12.1 Å². The lowest BCUT2D eigenvalue weighted by atomic mass is 10.1. The number of nitrogens with one attached hydrogen (secondary N) is 1. The number of amides is 3. The van der Waals surface area contributed by atoms with E-state index in [4.69, 9.17) is 4.74 Å². The van der Waals surface area contributed by atoms with E-state index in [9.17, 15) is 14.7 Å². The monoisotopic (exact) mass is 767 g/mol. The van der Waals surface area contributed by atoms with Gasteiger partial charge in [0.05, 0.1) is 6.61 Å². The van der Waals surface area contributed by atoms with E-state index in [1.165, 1.54) is 116 Å². The maximum atomic E-state index is 13.0. The van der Waals surface area contributed by atoms with E-state index in [1.807, 2.05) is 4.90 Å². The van der Waals surface area contributed by atoms with Gasteiger partial charge in [0, 0.05) is 39.3 Å². The van der Waals surface area contributed by atoms with Gasteiger partial charge in [-0.3, -0.25) is 0 Å². The number of aliphatic hydroxyl groups is 1. The summed E-state index contributed by atoms with van der Waals surface area (Å²) >= 11 is 0. The van der Waals surface area contributed by atoms with Gasteiger partial charge in [-0.2, -0.15) is 0 Å². The van der Waals surface area contributed by atoms with Crippen LogP contribution in [-0.4, -0.2) is 97.5 Å². The Labute approximate surface area is 336 Å². The first kappa shape index (κ1) is 52.5. The van der Waals surface area contributed by atoms with Crippen LogP contribution in [0, 0.1) is 0 Å². The Morgan fingerprint density at radius 2 is 0.778 bits per heavy atom. The number of unbranched alkanes of at least 4 members (excludes halogenated alkanes) is 23. The van der Waals surface area contributed by atoms with Crippen molar-refractivity contribution in [2.75, 3.05) is 65.6 Å². The predicted molar refractivity (Wildman–Crippen MR) is 233 cm³/mol. The zero-order valence-electron chi connectivity index (χ0n) is 36.8. The molecule has 3 amide bonds. The van der Waals surface area contributed by atoms with Gasteiger partial charge in [-0.1, -0.05) is 156 Å². The summed E-state index contributed by atoms with van der Waals surface area (Å²) in [6.07, 6.45) is 35.2. The molecule has 8 heteroatoms. The van der Waals surface area contributed by atoms with Gasteiger partial charge in [0.25, 0.3) is 0 Å². The van der Waals surface area contributed by atoms with Crippen LogP contribution in [0.5, 0.6) is 0 Å². The summed E-state index contributed by atoms with van der Waals surface area (Å²) in [7, 11) is 0. The average Bonchev–Trinajstić information content (AvgIpc) is 3.17. The molecular formula is C46H94N4O4. The van der Waals surface area contributed by atoms with Gasteiger partial charge < -0.3 is 29.9 Å². The fourth-order valence-electron chi connectivity index (χ4n) is 7.18. The van der Waals surface area contributed by atoms with E-state index in [0.717, 1.165) is 129 Å². The molecule has 54 heavy (non-hydrogen) atoms. The first-order valence-electron chi connectivity index (χ1n) is 23.8. The SMILES string of the molecule is CCCCCCCCN(CCCCCC)C(=O)NCCCCCCN(CCCCO)CCCCCCOC(=O)N(CCCCCC)CCCCCCCC. The molecule has 0 aromatic carbocycles. The van der Waals surface area contributed by atoms with E-state index in [2.05, 4.69) is 42.8 Å². The standard InChI is InChI=1S/C46H94N4O4/c1-5-9-13-17-20-30-40-49(39-28-15-11-7-3)45(52)47-35-25-19-22-26-36-48(38-32-33-43-51)37-27-23-24-34-44-54-46(53)50(41-29-16-12-8-4)42-31-21-18-14-10-6-2/h51H,5-44H2,1-4H3,(H,47,52). The molecule has 0 unspecified atom stereocenters. The van der Waals surface area contributed by atoms with Crippen LogP contribution in [0.2, 0.25) is 0 Å². The van der Waals surface area contributed by atoms with Gasteiger partial charge in [-0.15, -0.1) is 0 Å². The first-order chi connectivity index (χ1) is 26.5. The maximum Gasteiger partial charge on any atom is 0.409 e. The summed E-state index contributed by atoms with van der Waals surface area (Å²) in [4.78, 5) is 32.5. The number of hydrogen-bond donors (Lipinski definition) is 2. The zero-order valence-corrected chi connectivity index (χ0v) is 36.8.